The van der Waals surface area contributed by atoms with Gasteiger partial charge in [-0.3, -0.25) is 0 Å². The normalized spacial score (nSPS) is 13.4. The fourth-order valence-corrected chi connectivity index (χ4v) is 7.52. The minimum atomic E-state index is -4.45. The van der Waals surface area contributed by atoms with Crippen molar-refractivity contribution < 1.29 is 26.3 Å². The molecule has 0 bridgehead atoms. The molecular weight excluding hydrogens is 409 g/mol. The Morgan fingerprint density at radius 3 is 1.31 bits per heavy atom. The standard InChI is InChI=1S/C22H19F6P/c1-15-5-3-4-6-20(15)29(2,18-11-7-16(8-12-18)21(23,24)25)19-13-9-17(10-14-19)22(26,27)28/h3-14,29H,1-2H3. The van der Waals surface area contributed by atoms with E-state index in [1.54, 1.807) is 0 Å². The van der Waals surface area contributed by atoms with Crippen LogP contribution in [0.2, 0.25) is 0 Å². The van der Waals surface area contributed by atoms with Crippen LogP contribution in [0.3, 0.4) is 0 Å². The molecule has 154 valence electrons. The molecule has 0 saturated carbocycles. The second-order valence-electron chi connectivity index (χ2n) is 7.09. The van der Waals surface area contributed by atoms with Gasteiger partial charge in [-0.2, -0.15) is 0 Å². The number of benzene rings is 3. The zero-order valence-electron chi connectivity index (χ0n) is 15.7. The van der Waals surface area contributed by atoms with Gasteiger partial charge in [0.2, 0.25) is 0 Å². The Hall–Kier alpha value is -2.33. The molecule has 3 aromatic rings. The zero-order chi connectivity index (χ0) is 21.4. The van der Waals surface area contributed by atoms with Crippen molar-refractivity contribution in [2.75, 3.05) is 6.66 Å². The Kier molecular flexibility index (Phi) is 5.52. The first-order valence-corrected chi connectivity index (χ1v) is 11.4. The second-order valence-corrected chi connectivity index (χ2v) is 11.0. The van der Waals surface area contributed by atoms with Gasteiger partial charge in [0.05, 0.1) is 0 Å². The molecule has 0 nitrogen and oxygen atoms in total. The SMILES string of the molecule is Cc1ccccc1[PH](C)(c1ccc(C(F)(F)F)cc1)c1ccc(C(F)(F)F)cc1. The molecule has 0 radical (unpaired) electrons. The molecule has 0 amide bonds. The summed E-state index contributed by atoms with van der Waals surface area (Å²) >= 11 is 0. The first-order chi connectivity index (χ1) is 13.4. The van der Waals surface area contributed by atoms with E-state index < -0.39 is 30.7 Å². The second kappa shape index (κ2) is 7.49. The van der Waals surface area contributed by atoms with E-state index in [-0.39, 0.29) is 0 Å². The molecule has 7 heteroatoms. The molecule has 3 aromatic carbocycles. The van der Waals surface area contributed by atoms with E-state index in [1.165, 1.54) is 24.3 Å². The summed E-state index contributed by atoms with van der Waals surface area (Å²) in [6.07, 6.45) is -8.90. The van der Waals surface area contributed by atoms with Gasteiger partial charge >= 0.3 is 165 Å². The fourth-order valence-electron chi connectivity index (χ4n) is 3.60. The molecule has 0 saturated heterocycles. The summed E-state index contributed by atoms with van der Waals surface area (Å²) < 4.78 is 77.9. The number of halogens is 6. The number of alkyl halides is 6. The molecule has 0 heterocycles. The topological polar surface area (TPSA) is 0 Å². The molecule has 29 heavy (non-hydrogen) atoms. The van der Waals surface area contributed by atoms with Crippen molar-refractivity contribution in [3.8, 4) is 0 Å². The van der Waals surface area contributed by atoms with Gasteiger partial charge in [0.25, 0.3) is 0 Å². The van der Waals surface area contributed by atoms with E-state index >= 15 is 0 Å². The average Bonchev–Trinajstić information content (AvgIpc) is 2.67. The van der Waals surface area contributed by atoms with E-state index in [4.69, 9.17) is 0 Å². The van der Waals surface area contributed by atoms with Gasteiger partial charge in [0.1, 0.15) is 0 Å². The molecule has 0 atom stereocenters. The average molecular weight is 428 g/mol. The van der Waals surface area contributed by atoms with Crippen molar-refractivity contribution >= 4 is 23.2 Å². The van der Waals surface area contributed by atoms with E-state index in [0.717, 1.165) is 35.1 Å². The van der Waals surface area contributed by atoms with Crippen LogP contribution in [0.15, 0.2) is 72.8 Å². The van der Waals surface area contributed by atoms with Gasteiger partial charge < -0.3 is 0 Å². The van der Waals surface area contributed by atoms with Crippen LogP contribution in [0.1, 0.15) is 16.7 Å². The molecule has 0 aromatic heterocycles. The number of hydrogen-bond donors (Lipinski definition) is 0. The Morgan fingerprint density at radius 2 is 0.966 bits per heavy atom. The third-order valence-corrected chi connectivity index (χ3v) is 9.88. The molecule has 0 N–H and O–H groups in total. The van der Waals surface area contributed by atoms with Crippen LogP contribution in [0.25, 0.3) is 0 Å². The summed E-state index contributed by atoms with van der Waals surface area (Å²) in [4.78, 5) is 0. The Labute approximate surface area is 165 Å². The first kappa shape index (κ1) is 21.4. The Morgan fingerprint density at radius 1 is 0.586 bits per heavy atom. The maximum atomic E-state index is 13.0. The van der Waals surface area contributed by atoms with Crippen molar-refractivity contribution in [3.05, 3.63) is 89.5 Å². The molecule has 3 rings (SSSR count). The van der Waals surface area contributed by atoms with Gasteiger partial charge in [-0.1, -0.05) is 0 Å². The van der Waals surface area contributed by atoms with Crippen LogP contribution < -0.4 is 15.9 Å². The third kappa shape index (κ3) is 4.18. The summed E-state index contributed by atoms with van der Waals surface area (Å²) in [6, 6.07) is 17.4. The summed E-state index contributed by atoms with van der Waals surface area (Å²) in [5.74, 6) is 0. The van der Waals surface area contributed by atoms with Crippen molar-refractivity contribution in [2.45, 2.75) is 19.3 Å². The summed E-state index contributed by atoms with van der Waals surface area (Å²) in [7, 11) is -2.82. The molecule has 0 aliphatic rings. The predicted molar refractivity (Wildman–Crippen MR) is 107 cm³/mol. The van der Waals surface area contributed by atoms with Crippen LogP contribution in [-0.4, -0.2) is 6.66 Å². The quantitative estimate of drug-likeness (QED) is 0.372. The van der Waals surface area contributed by atoms with E-state index in [2.05, 4.69) is 0 Å². The maximum absolute atomic E-state index is 13.0. The van der Waals surface area contributed by atoms with Crippen molar-refractivity contribution in [1.82, 2.24) is 0 Å². The van der Waals surface area contributed by atoms with Crippen molar-refractivity contribution in [2.24, 2.45) is 0 Å². The fraction of sp³-hybridized carbons (Fsp3) is 0.182. The summed E-state index contributed by atoms with van der Waals surface area (Å²) in [6.45, 7) is 3.84. The molecule has 0 spiro atoms. The Bertz CT molecular complexity index is 928. The molecular formula is C22H19F6P. The number of hydrogen-bond acceptors (Lipinski definition) is 0. The van der Waals surface area contributed by atoms with Crippen LogP contribution in [-0.2, 0) is 12.4 Å². The van der Waals surface area contributed by atoms with Gasteiger partial charge in [0.15, 0.2) is 0 Å². The van der Waals surface area contributed by atoms with Crippen LogP contribution in [0.4, 0.5) is 26.3 Å². The summed E-state index contributed by atoms with van der Waals surface area (Å²) in [5.41, 5.74) is -0.564. The van der Waals surface area contributed by atoms with E-state index in [1.807, 2.05) is 37.9 Å². The number of rotatable bonds is 3. The van der Waals surface area contributed by atoms with E-state index in [9.17, 15) is 26.3 Å². The third-order valence-electron chi connectivity index (χ3n) is 5.26. The van der Waals surface area contributed by atoms with Gasteiger partial charge in [-0.25, -0.2) is 0 Å². The molecule has 0 aliphatic carbocycles. The van der Waals surface area contributed by atoms with Gasteiger partial charge in [-0.15, -0.1) is 0 Å². The number of aryl methyl sites for hydroxylation is 1. The zero-order valence-corrected chi connectivity index (χ0v) is 16.7. The van der Waals surface area contributed by atoms with Crippen molar-refractivity contribution in [1.29, 1.82) is 0 Å². The summed E-state index contributed by atoms with van der Waals surface area (Å²) in [5, 5.41) is 2.33. The molecule has 0 fully saturated rings. The van der Waals surface area contributed by atoms with E-state index in [0.29, 0.717) is 10.6 Å². The Balaban J connectivity index is 2.19. The van der Waals surface area contributed by atoms with Crippen molar-refractivity contribution in [3.63, 3.8) is 0 Å². The minimum absolute atomic E-state index is 0.694. The molecule has 0 aliphatic heterocycles. The predicted octanol–water partition coefficient (Wildman–Crippen LogP) is 5.69. The van der Waals surface area contributed by atoms with Crippen LogP contribution in [0.5, 0.6) is 0 Å². The van der Waals surface area contributed by atoms with Gasteiger partial charge in [-0.05, 0) is 0 Å². The van der Waals surface area contributed by atoms with Crippen LogP contribution in [0, 0.1) is 6.92 Å². The van der Waals surface area contributed by atoms with Gasteiger partial charge in [0, 0.05) is 0 Å². The first-order valence-electron chi connectivity index (χ1n) is 8.85. The monoisotopic (exact) mass is 428 g/mol. The van der Waals surface area contributed by atoms with Crippen LogP contribution >= 0.6 is 7.26 Å². The molecule has 0 unspecified atom stereocenters.